The molecule has 1 aliphatic rings. The van der Waals surface area contributed by atoms with Crippen molar-refractivity contribution in [3.8, 4) is 22.8 Å². The molecule has 1 saturated heterocycles. The standard InChI is InChI=1S/C30H28F3N7O4S/c1-18-13-22(39-17-34-27(37-39)19-6-10-23(11-7-19)44-30(31,32)33)9-12-24(18)35-28(42)36-29-40(26(41)16-45-29)25-14-21(38(2)3)8-5-20(25)15-43-4/h5-14,17H,15-16H2,1-4H3,(H,35,42)/b36-29-. The number of amidine groups is 1. The number of alkyl halides is 3. The van der Waals surface area contributed by atoms with Crippen molar-refractivity contribution in [2.45, 2.75) is 19.9 Å². The molecule has 5 rings (SSSR count). The Kier molecular flexibility index (Phi) is 9.11. The molecule has 0 saturated carbocycles. The Balaban J connectivity index is 1.31. The van der Waals surface area contributed by atoms with E-state index in [0.29, 0.717) is 34.0 Å². The van der Waals surface area contributed by atoms with Gasteiger partial charge in [0.15, 0.2) is 11.0 Å². The number of amides is 3. The summed E-state index contributed by atoms with van der Waals surface area (Å²) in [7, 11) is 5.36. The number of thioether (sulfide) groups is 1. The SMILES string of the molecule is COCc1ccc(N(C)C)cc1N1C(=O)CS/C1=N\C(=O)Nc1ccc(-n2cnc(-c3ccc(OC(F)(F)F)cc3)n2)cc1C. The molecule has 4 aromatic rings. The first-order valence-electron chi connectivity index (χ1n) is 13.5. The van der Waals surface area contributed by atoms with Crippen LogP contribution in [0.1, 0.15) is 11.1 Å². The van der Waals surface area contributed by atoms with Crippen LogP contribution in [0.2, 0.25) is 0 Å². The maximum absolute atomic E-state index is 13.0. The minimum Gasteiger partial charge on any atom is -0.406 e. The molecule has 0 spiro atoms. The third kappa shape index (κ3) is 7.44. The van der Waals surface area contributed by atoms with Crippen molar-refractivity contribution >= 4 is 45.9 Å². The number of carbonyl (C=O) groups excluding carboxylic acids is 2. The van der Waals surface area contributed by atoms with Gasteiger partial charge in [0, 0.05) is 43.7 Å². The first-order valence-corrected chi connectivity index (χ1v) is 14.4. The Hall–Kier alpha value is -4.89. The molecular weight excluding hydrogens is 611 g/mol. The van der Waals surface area contributed by atoms with Crippen molar-refractivity contribution < 1.29 is 32.2 Å². The van der Waals surface area contributed by atoms with Gasteiger partial charge in [-0.25, -0.2) is 14.5 Å². The number of nitrogens with zero attached hydrogens (tertiary/aromatic N) is 6. The average molecular weight is 640 g/mol. The number of halogens is 3. The number of aromatic nitrogens is 3. The monoisotopic (exact) mass is 639 g/mol. The summed E-state index contributed by atoms with van der Waals surface area (Å²) >= 11 is 1.18. The molecule has 2 heterocycles. The molecule has 11 nitrogen and oxygen atoms in total. The summed E-state index contributed by atoms with van der Waals surface area (Å²) < 4.78 is 48.1. The summed E-state index contributed by atoms with van der Waals surface area (Å²) in [5.41, 5.74) is 4.61. The van der Waals surface area contributed by atoms with E-state index in [1.165, 1.54) is 51.9 Å². The number of hydrogen-bond donors (Lipinski definition) is 1. The number of ether oxygens (including phenoxy) is 2. The summed E-state index contributed by atoms with van der Waals surface area (Å²) in [6.45, 7) is 2.08. The maximum Gasteiger partial charge on any atom is 0.573 e. The van der Waals surface area contributed by atoms with E-state index >= 15 is 0 Å². The third-order valence-corrected chi connectivity index (χ3v) is 7.57. The van der Waals surface area contributed by atoms with E-state index in [1.807, 2.05) is 37.2 Å². The molecule has 1 aliphatic heterocycles. The van der Waals surface area contributed by atoms with Crippen LogP contribution in [0.3, 0.4) is 0 Å². The lowest BCUT2D eigenvalue weighted by molar-refractivity contribution is -0.274. The number of urea groups is 1. The lowest BCUT2D eigenvalue weighted by Crippen LogP contribution is -2.31. The zero-order chi connectivity index (χ0) is 32.3. The highest BCUT2D eigenvalue weighted by Crippen LogP contribution is 2.33. The molecule has 0 aliphatic carbocycles. The largest absolute Gasteiger partial charge is 0.573 e. The summed E-state index contributed by atoms with van der Waals surface area (Å²) in [5, 5.41) is 7.45. The van der Waals surface area contributed by atoms with Crippen LogP contribution < -0.4 is 19.9 Å². The highest BCUT2D eigenvalue weighted by Gasteiger charge is 2.33. The topological polar surface area (TPSA) is 114 Å². The Labute approximate surface area is 260 Å². The molecule has 15 heteroatoms. The molecule has 1 N–H and O–H groups in total. The Bertz CT molecular complexity index is 1760. The van der Waals surface area contributed by atoms with Gasteiger partial charge in [-0.15, -0.1) is 18.3 Å². The van der Waals surface area contributed by atoms with Gasteiger partial charge in [0.2, 0.25) is 5.91 Å². The molecule has 234 valence electrons. The van der Waals surface area contributed by atoms with E-state index in [4.69, 9.17) is 4.74 Å². The molecule has 1 fully saturated rings. The second-order valence-electron chi connectivity index (χ2n) is 10.1. The molecule has 45 heavy (non-hydrogen) atoms. The van der Waals surface area contributed by atoms with Crippen LogP contribution in [0.25, 0.3) is 17.1 Å². The predicted octanol–water partition coefficient (Wildman–Crippen LogP) is 6.02. The van der Waals surface area contributed by atoms with Gasteiger partial charge in [0.1, 0.15) is 12.1 Å². The predicted molar refractivity (Wildman–Crippen MR) is 166 cm³/mol. The van der Waals surface area contributed by atoms with Crippen LogP contribution in [0.5, 0.6) is 5.75 Å². The van der Waals surface area contributed by atoms with E-state index in [2.05, 4.69) is 25.1 Å². The minimum atomic E-state index is -4.78. The highest BCUT2D eigenvalue weighted by molar-refractivity contribution is 8.15. The average Bonchev–Trinajstić information content (AvgIpc) is 3.61. The molecule has 3 amide bonds. The molecule has 1 aromatic heterocycles. The van der Waals surface area contributed by atoms with Crippen LogP contribution in [0, 0.1) is 6.92 Å². The number of methoxy groups -OCH3 is 1. The first kappa shape index (κ1) is 31.5. The Morgan fingerprint density at radius 1 is 1.11 bits per heavy atom. The van der Waals surface area contributed by atoms with Crippen molar-refractivity contribution in [1.82, 2.24) is 14.8 Å². The van der Waals surface area contributed by atoms with Gasteiger partial charge >= 0.3 is 12.4 Å². The minimum absolute atomic E-state index is 0.143. The van der Waals surface area contributed by atoms with Gasteiger partial charge in [-0.1, -0.05) is 17.8 Å². The zero-order valence-electron chi connectivity index (χ0n) is 24.6. The normalized spacial score (nSPS) is 14.2. The quantitative estimate of drug-likeness (QED) is 0.249. The van der Waals surface area contributed by atoms with E-state index in [-0.39, 0.29) is 29.2 Å². The summed E-state index contributed by atoms with van der Waals surface area (Å²) in [6.07, 6.45) is -3.31. The third-order valence-electron chi connectivity index (χ3n) is 6.64. The Morgan fingerprint density at radius 2 is 1.87 bits per heavy atom. The number of hydrogen-bond acceptors (Lipinski definition) is 8. The lowest BCUT2D eigenvalue weighted by atomic mass is 10.1. The van der Waals surface area contributed by atoms with E-state index in [1.54, 1.807) is 32.2 Å². The first-order chi connectivity index (χ1) is 21.4. The van der Waals surface area contributed by atoms with Crippen LogP contribution in [-0.2, 0) is 16.1 Å². The number of rotatable bonds is 8. The van der Waals surface area contributed by atoms with Crippen LogP contribution in [0.15, 0.2) is 72.0 Å². The van der Waals surface area contributed by atoms with Crippen LogP contribution in [0.4, 0.5) is 35.0 Å². The van der Waals surface area contributed by atoms with Crippen molar-refractivity contribution in [2.75, 3.05) is 42.1 Å². The zero-order valence-corrected chi connectivity index (χ0v) is 25.4. The highest BCUT2D eigenvalue weighted by atomic mass is 32.2. The summed E-state index contributed by atoms with van der Waals surface area (Å²) in [4.78, 5) is 37.8. The van der Waals surface area contributed by atoms with Gasteiger partial charge < -0.3 is 19.7 Å². The number of carbonyl (C=O) groups is 2. The van der Waals surface area contributed by atoms with Crippen molar-refractivity contribution in [2.24, 2.45) is 4.99 Å². The fourth-order valence-corrected chi connectivity index (χ4v) is 5.34. The molecule has 0 atom stereocenters. The smallest absolute Gasteiger partial charge is 0.406 e. The van der Waals surface area contributed by atoms with E-state index in [0.717, 1.165) is 11.3 Å². The van der Waals surface area contributed by atoms with E-state index in [9.17, 15) is 22.8 Å². The number of aryl methyl sites for hydroxylation is 1. The van der Waals surface area contributed by atoms with Gasteiger partial charge in [0.05, 0.1) is 23.7 Å². The molecule has 0 bridgehead atoms. The summed E-state index contributed by atoms with van der Waals surface area (Å²) in [5.74, 6) is -0.0936. The van der Waals surface area contributed by atoms with Gasteiger partial charge in [-0.2, -0.15) is 4.99 Å². The van der Waals surface area contributed by atoms with Gasteiger partial charge in [-0.05, 0) is 67.1 Å². The van der Waals surface area contributed by atoms with Crippen molar-refractivity contribution in [3.63, 3.8) is 0 Å². The second-order valence-corrected chi connectivity index (χ2v) is 11.0. The molecule has 0 unspecified atom stereocenters. The van der Waals surface area contributed by atoms with Crippen molar-refractivity contribution in [3.05, 3.63) is 78.1 Å². The number of nitrogens with one attached hydrogen (secondary N) is 1. The number of benzene rings is 3. The molecule has 3 aromatic carbocycles. The number of anilines is 3. The van der Waals surface area contributed by atoms with Gasteiger partial charge in [0.25, 0.3) is 0 Å². The lowest BCUT2D eigenvalue weighted by Gasteiger charge is -2.22. The summed E-state index contributed by atoms with van der Waals surface area (Å²) in [6, 6.07) is 15.5. The maximum atomic E-state index is 13.0. The van der Waals surface area contributed by atoms with Crippen molar-refractivity contribution in [1.29, 1.82) is 0 Å². The number of aliphatic imine (C=N–C) groups is 1. The molecular formula is C30H28F3N7O4S. The van der Waals surface area contributed by atoms with Gasteiger partial charge in [-0.3, -0.25) is 9.69 Å². The fraction of sp³-hybridized carbons (Fsp3) is 0.233. The second kappa shape index (κ2) is 13.0. The van der Waals surface area contributed by atoms with Crippen LogP contribution in [-0.4, -0.2) is 65.2 Å². The van der Waals surface area contributed by atoms with E-state index < -0.39 is 12.4 Å². The molecule has 0 radical (unpaired) electrons. The fourth-order valence-electron chi connectivity index (χ4n) is 4.48. The Morgan fingerprint density at radius 3 is 2.53 bits per heavy atom. The van der Waals surface area contributed by atoms with Crippen LogP contribution >= 0.6 is 11.8 Å².